The van der Waals surface area contributed by atoms with Gasteiger partial charge >= 0.3 is 0 Å². The molecule has 0 spiro atoms. The molecule has 1 saturated heterocycles. The summed E-state index contributed by atoms with van der Waals surface area (Å²) in [5.41, 5.74) is 1.40. The zero-order chi connectivity index (χ0) is 17.4. The van der Waals surface area contributed by atoms with Gasteiger partial charge in [0.2, 0.25) is 0 Å². The molecule has 2 heterocycles. The SMILES string of the molecule is C[C@H]1CN(Cc2cc3ccccc3s2)CC[C@@]1(C)c1cccc(O)c1. The molecule has 0 bridgehead atoms. The van der Waals surface area contributed by atoms with Crippen molar-refractivity contribution in [2.75, 3.05) is 13.1 Å². The summed E-state index contributed by atoms with van der Waals surface area (Å²) in [4.78, 5) is 4.04. The molecule has 3 aromatic rings. The molecule has 2 nitrogen and oxygen atoms in total. The van der Waals surface area contributed by atoms with Crippen LogP contribution in [0.4, 0.5) is 0 Å². The first-order chi connectivity index (χ1) is 12.0. The van der Waals surface area contributed by atoms with Crippen molar-refractivity contribution >= 4 is 21.4 Å². The van der Waals surface area contributed by atoms with Crippen molar-refractivity contribution in [3.8, 4) is 5.75 Å². The lowest BCUT2D eigenvalue weighted by Gasteiger charge is -2.45. The number of fused-ring (bicyclic) bond motifs is 1. The summed E-state index contributed by atoms with van der Waals surface area (Å²) in [6, 6.07) is 18.8. The monoisotopic (exact) mass is 351 g/mol. The molecule has 4 rings (SSSR count). The number of phenols is 1. The molecule has 130 valence electrons. The molecule has 2 aromatic carbocycles. The van der Waals surface area contributed by atoms with Crippen molar-refractivity contribution in [3.05, 3.63) is 65.0 Å². The number of benzene rings is 2. The molecular weight excluding hydrogens is 326 g/mol. The minimum atomic E-state index is 0.134. The highest BCUT2D eigenvalue weighted by Crippen LogP contribution is 2.41. The van der Waals surface area contributed by atoms with E-state index in [4.69, 9.17) is 0 Å². The van der Waals surface area contributed by atoms with Gasteiger partial charge < -0.3 is 5.11 Å². The lowest BCUT2D eigenvalue weighted by atomic mass is 9.68. The molecule has 3 heteroatoms. The Balaban J connectivity index is 1.49. The van der Waals surface area contributed by atoms with Crippen LogP contribution < -0.4 is 0 Å². The number of aromatic hydroxyl groups is 1. The van der Waals surface area contributed by atoms with E-state index in [1.165, 1.54) is 20.5 Å². The summed E-state index contributed by atoms with van der Waals surface area (Å²) in [7, 11) is 0. The lowest BCUT2D eigenvalue weighted by molar-refractivity contribution is 0.106. The van der Waals surface area contributed by atoms with E-state index in [-0.39, 0.29) is 5.41 Å². The number of likely N-dealkylation sites (tertiary alicyclic amines) is 1. The topological polar surface area (TPSA) is 23.5 Å². The highest BCUT2D eigenvalue weighted by atomic mass is 32.1. The predicted molar refractivity (Wildman–Crippen MR) is 106 cm³/mol. The zero-order valence-corrected chi connectivity index (χ0v) is 15.7. The van der Waals surface area contributed by atoms with E-state index in [0.29, 0.717) is 11.7 Å². The van der Waals surface area contributed by atoms with Crippen LogP contribution in [0, 0.1) is 5.92 Å². The Bertz CT molecular complexity index is 853. The van der Waals surface area contributed by atoms with Gasteiger partial charge in [-0.2, -0.15) is 0 Å². The van der Waals surface area contributed by atoms with Gasteiger partial charge in [-0.1, -0.05) is 44.2 Å². The van der Waals surface area contributed by atoms with E-state index in [1.807, 2.05) is 23.5 Å². The lowest BCUT2D eigenvalue weighted by Crippen LogP contribution is -2.46. The first kappa shape index (κ1) is 16.6. The fourth-order valence-electron chi connectivity index (χ4n) is 4.09. The molecule has 0 saturated carbocycles. The van der Waals surface area contributed by atoms with Gasteiger partial charge in [-0.25, -0.2) is 0 Å². The summed E-state index contributed by atoms with van der Waals surface area (Å²) in [6.45, 7) is 7.94. The second kappa shape index (κ2) is 6.47. The fourth-order valence-corrected chi connectivity index (χ4v) is 5.19. The standard InChI is InChI=1S/C22H25NOS/c1-16-14-23(15-20-12-17-6-3-4-9-21(17)25-20)11-10-22(16,2)18-7-5-8-19(24)13-18/h3-9,12-13,16,24H,10-11,14-15H2,1-2H3/t16-,22+/m0/s1. The zero-order valence-electron chi connectivity index (χ0n) is 14.9. The second-order valence-electron chi connectivity index (χ2n) is 7.60. The fraction of sp³-hybridized carbons (Fsp3) is 0.364. The molecule has 1 N–H and O–H groups in total. The molecule has 0 amide bonds. The molecule has 1 fully saturated rings. The number of piperidine rings is 1. The summed E-state index contributed by atoms with van der Waals surface area (Å²) >= 11 is 1.92. The third-order valence-electron chi connectivity index (χ3n) is 5.93. The van der Waals surface area contributed by atoms with Gasteiger partial charge in [-0.15, -0.1) is 11.3 Å². The van der Waals surface area contributed by atoms with Crippen LogP contribution in [0.25, 0.3) is 10.1 Å². The van der Waals surface area contributed by atoms with Crippen molar-refractivity contribution < 1.29 is 5.11 Å². The normalized spacial score (nSPS) is 24.6. The molecule has 0 radical (unpaired) electrons. The van der Waals surface area contributed by atoms with Crippen molar-refractivity contribution in [1.29, 1.82) is 0 Å². The number of nitrogens with zero attached hydrogens (tertiary/aromatic N) is 1. The van der Waals surface area contributed by atoms with Crippen LogP contribution in [-0.4, -0.2) is 23.1 Å². The van der Waals surface area contributed by atoms with E-state index < -0.39 is 0 Å². The van der Waals surface area contributed by atoms with Crippen molar-refractivity contribution in [2.45, 2.75) is 32.2 Å². The quantitative estimate of drug-likeness (QED) is 0.682. The number of hydrogen-bond donors (Lipinski definition) is 1. The van der Waals surface area contributed by atoms with Crippen LogP contribution in [0.3, 0.4) is 0 Å². The van der Waals surface area contributed by atoms with Gasteiger partial charge in [0, 0.05) is 22.7 Å². The van der Waals surface area contributed by atoms with Crippen LogP contribution in [0.5, 0.6) is 5.75 Å². The predicted octanol–water partition coefficient (Wildman–Crippen LogP) is 5.41. The van der Waals surface area contributed by atoms with Gasteiger partial charge in [0.1, 0.15) is 5.75 Å². The van der Waals surface area contributed by atoms with Crippen molar-refractivity contribution in [1.82, 2.24) is 4.90 Å². The van der Waals surface area contributed by atoms with Gasteiger partial charge in [0.05, 0.1) is 0 Å². The number of hydrogen-bond acceptors (Lipinski definition) is 3. The Hall–Kier alpha value is -1.84. The molecule has 25 heavy (non-hydrogen) atoms. The van der Waals surface area contributed by atoms with Crippen molar-refractivity contribution in [2.24, 2.45) is 5.92 Å². The molecule has 1 aliphatic rings. The van der Waals surface area contributed by atoms with Gasteiger partial charge in [-0.05, 0) is 59.5 Å². The summed E-state index contributed by atoms with van der Waals surface area (Å²) in [5.74, 6) is 0.927. The minimum Gasteiger partial charge on any atom is -0.508 e. The van der Waals surface area contributed by atoms with Crippen LogP contribution >= 0.6 is 11.3 Å². The van der Waals surface area contributed by atoms with Gasteiger partial charge in [-0.3, -0.25) is 4.90 Å². The maximum atomic E-state index is 9.85. The molecule has 0 aliphatic carbocycles. The maximum absolute atomic E-state index is 9.85. The minimum absolute atomic E-state index is 0.134. The Kier molecular flexibility index (Phi) is 4.30. The first-order valence-electron chi connectivity index (χ1n) is 9.04. The Morgan fingerprint density at radius 3 is 2.76 bits per heavy atom. The Morgan fingerprint density at radius 1 is 1.16 bits per heavy atom. The average Bonchev–Trinajstić information content (AvgIpc) is 3.00. The third kappa shape index (κ3) is 3.19. The smallest absolute Gasteiger partial charge is 0.115 e. The van der Waals surface area contributed by atoms with Gasteiger partial charge in [0.15, 0.2) is 0 Å². The third-order valence-corrected chi connectivity index (χ3v) is 7.03. The van der Waals surface area contributed by atoms with Gasteiger partial charge in [0.25, 0.3) is 0 Å². The second-order valence-corrected chi connectivity index (χ2v) is 8.77. The van der Waals surface area contributed by atoms with E-state index in [0.717, 1.165) is 26.1 Å². The molecule has 0 unspecified atom stereocenters. The van der Waals surface area contributed by atoms with E-state index in [9.17, 15) is 5.11 Å². The number of rotatable bonds is 3. The van der Waals surface area contributed by atoms with E-state index in [2.05, 4.69) is 55.1 Å². The first-order valence-corrected chi connectivity index (χ1v) is 9.85. The average molecular weight is 352 g/mol. The summed E-state index contributed by atoms with van der Waals surface area (Å²) in [5, 5.41) is 11.2. The number of thiophene rings is 1. The molecule has 1 aliphatic heterocycles. The Morgan fingerprint density at radius 2 is 2.00 bits per heavy atom. The Labute approximate surface area is 153 Å². The highest BCUT2D eigenvalue weighted by molar-refractivity contribution is 7.19. The largest absolute Gasteiger partial charge is 0.508 e. The highest BCUT2D eigenvalue weighted by Gasteiger charge is 2.38. The summed E-state index contributed by atoms with van der Waals surface area (Å²) < 4.78 is 1.38. The van der Waals surface area contributed by atoms with Crippen LogP contribution in [-0.2, 0) is 12.0 Å². The van der Waals surface area contributed by atoms with Crippen LogP contribution in [0.15, 0.2) is 54.6 Å². The molecule has 1 aromatic heterocycles. The van der Waals surface area contributed by atoms with E-state index in [1.54, 1.807) is 6.07 Å². The van der Waals surface area contributed by atoms with E-state index >= 15 is 0 Å². The summed E-state index contributed by atoms with van der Waals surface area (Å²) in [6.07, 6.45) is 1.13. The molecular formula is C22H25NOS. The van der Waals surface area contributed by atoms with Crippen LogP contribution in [0.1, 0.15) is 30.7 Å². The maximum Gasteiger partial charge on any atom is 0.115 e. The number of phenolic OH excluding ortho intramolecular Hbond substituents is 1. The van der Waals surface area contributed by atoms with Crippen LogP contribution in [0.2, 0.25) is 0 Å². The molecule has 2 atom stereocenters. The van der Waals surface area contributed by atoms with Crippen molar-refractivity contribution in [3.63, 3.8) is 0 Å².